The number of amides is 2. The molecule has 0 saturated carbocycles. The molecule has 7 heteroatoms. The molecule has 1 aliphatic rings. The Morgan fingerprint density at radius 3 is 2.65 bits per heavy atom. The number of piperidine rings is 1. The third-order valence-corrected chi connectivity index (χ3v) is 5.04. The van der Waals surface area contributed by atoms with Gasteiger partial charge in [-0.15, -0.1) is 0 Å². The zero-order valence-electron chi connectivity index (χ0n) is 13.7. The molecule has 1 fully saturated rings. The van der Waals surface area contributed by atoms with E-state index in [9.17, 15) is 4.79 Å². The molecule has 1 saturated heterocycles. The van der Waals surface area contributed by atoms with Gasteiger partial charge in [-0.25, -0.2) is 9.86 Å². The second kappa shape index (κ2) is 8.20. The zero-order valence-corrected chi connectivity index (χ0v) is 15.2. The molecule has 128 valence electrons. The fourth-order valence-electron chi connectivity index (χ4n) is 2.81. The molecule has 1 heterocycles. The summed E-state index contributed by atoms with van der Waals surface area (Å²) in [5.41, 5.74) is 0.784. The van der Waals surface area contributed by atoms with Gasteiger partial charge in [0, 0.05) is 0 Å². The van der Waals surface area contributed by atoms with E-state index < -0.39 is 0 Å². The van der Waals surface area contributed by atoms with Gasteiger partial charge in [0.2, 0.25) is 0 Å². The minimum absolute atomic E-state index is 0.0817. The van der Waals surface area contributed by atoms with Gasteiger partial charge in [-0.05, 0) is 51.5 Å². The van der Waals surface area contributed by atoms with E-state index in [2.05, 4.69) is 17.3 Å². The Labute approximate surface area is 147 Å². The fraction of sp³-hybridized carbons (Fsp3) is 0.562. The van der Waals surface area contributed by atoms with Crippen molar-refractivity contribution in [2.75, 3.05) is 27.2 Å². The van der Waals surface area contributed by atoms with Crippen LogP contribution in [-0.2, 0) is 4.84 Å². The lowest BCUT2D eigenvalue weighted by molar-refractivity contribution is -0.127. The van der Waals surface area contributed by atoms with Crippen molar-refractivity contribution >= 4 is 29.2 Å². The highest BCUT2D eigenvalue weighted by molar-refractivity contribution is 6.42. The second-order valence-corrected chi connectivity index (χ2v) is 6.64. The smallest absolute Gasteiger partial charge is 0.330 e. The number of nitrogens with one attached hydrogen (secondary N) is 1. The minimum atomic E-state index is -0.266. The van der Waals surface area contributed by atoms with Crippen molar-refractivity contribution in [1.82, 2.24) is 15.3 Å². The normalized spacial score (nSPS) is 17.8. The van der Waals surface area contributed by atoms with Crippen LogP contribution in [0.2, 0.25) is 10.0 Å². The summed E-state index contributed by atoms with van der Waals surface area (Å²) in [5.74, 6) is 0. The van der Waals surface area contributed by atoms with Gasteiger partial charge in [-0.1, -0.05) is 35.3 Å². The van der Waals surface area contributed by atoms with E-state index in [0.717, 1.165) is 31.5 Å². The van der Waals surface area contributed by atoms with Crippen LogP contribution in [0.15, 0.2) is 18.2 Å². The summed E-state index contributed by atoms with van der Waals surface area (Å²) in [6, 6.07) is 4.95. The summed E-state index contributed by atoms with van der Waals surface area (Å²) >= 11 is 12.3. The standard InChI is InChI=1S/C16H23Cl2N3O2/c1-11(13-5-4-6-14(17)15(13)18)19-16(22)21(23-3)12-7-9-20(2)10-8-12/h4-6,11-12H,7-10H2,1-3H3,(H,19,22). The molecule has 2 rings (SSSR count). The highest BCUT2D eigenvalue weighted by Gasteiger charge is 2.28. The van der Waals surface area contributed by atoms with E-state index in [-0.39, 0.29) is 18.1 Å². The van der Waals surface area contributed by atoms with Gasteiger partial charge in [0.25, 0.3) is 0 Å². The number of halogens is 2. The van der Waals surface area contributed by atoms with Crippen LogP contribution in [-0.4, -0.2) is 49.3 Å². The van der Waals surface area contributed by atoms with Crippen LogP contribution < -0.4 is 5.32 Å². The first-order valence-electron chi connectivity index (χ1n) is 7.70. The molecule has 1 aliphatic heterocycles. The Bertz CT molecular complexity index is 548. The second-order valence-electron chi connectivity index (χ2n) is 5.86. The van der Waals surface area contributed by atoms with Gasteiger partial charge in [0.15, 0.2) is 0 Å². The molecule has 2 amide bonds. The van der Waals surface area contributed by atoms with E-state index in [1.54, 1.807) is 6.07 Å². The summed E-state index contributed by atoms with van der Waals surface area (Å²) < 4.78 is 0. The van der Waals surface area contributed by atoms with Gasteiger partial charge in [0.05, 0.1) is 29.2 Å². The fourth-order valence-corrected chi connectivity index (χ4v) is 3.28. The lowest BCUT2D eigenvalue weighted by Crippen LogP contribution is -2.50. The van der Waals surface area contributed by atoms with Crippen LogP contribution in [0.3, 0.4) is 0 Å². The van der Waals surface area contributed by atoms with E-state index in [0.29, 0.717) is 10.0 Å². The van der Waals surface area contributed by atoms with Crippen molar-refractivity contribution in [3.8, 4) is 0 Å². The number of carbonyl (C=O) groups excluding carboxylic acids is 1. The Hall–Kier alpha value is -1.01. The molecule has 0 radical (unpaired) electrons. The third-order valence-electron chi connectivity index (χ3n) is 4.20. The summed E-state index contributed by atoms with van der Waals surface area (Å²) in [5, 5.41) is 5.30. The SMILES string of the molecule is CON(C(=O)NC(C)c1cccc(Cl)c1Cl)C1CCN(C)CC1. The lowest BCUT2D eigenvalue weighted by Gasteiger charge is -2.35. The average Bonchev–Trinajstić information content (AvgIpc) is 2.52. The van der Waals surface area contributed by atoms with E-state index >= 15 is 0 Å². The lowest BCUT2D eigenvalue weighted by atomic mass is 10.1. The first kappa shape index (κ1) is 18.3. The van der Waals surface area contributed by atoms with E-state index in [1.165, 1.54) is 12.2 Å². The number of hydrogen-bond acceptors (Lipinski definition) is 3. The van der Waals surface area contributed by atoms with Crippen molar-refractivity contribution in [2.45, 2.75) is 31.8 Å². The molecule has 1 N–H and O–H groups in total. The maximum absolute atomic E-state index is 12.5. The zero-order chi connectivity index (χ0) is 17.0. The maximum Gasteiger partial charge on any atom is 0.342 e. The molecule has 5 nitrogen and oxygen atoms in total. The van der Waals surface area contributed by atoms with Gasteiger partial charge in [-0.2, -0.15) is 0 Å². The van der Waals surface area contributed by atoms with Crippen molar-refractivity contribution in [1.29, 1.82) is 0 Å². The summed E-state index contributed by atoms with van der Waals surface area (Å²) in [6.45, 7) is 3.78. The molecule has 1 aromatic carbocycles. The first-order valence-corrected chi connectivity index (χ1v) is 8.46. The van der Waals surface area contributed by atoms with Crippen molar-refractivity contribution in [2.24, 2.45) is 0 Å². The summed E-state index contributed by atoms with van der Waals surface area (Å²) in [7, 11) is 3.60. The Balaban J connectivity index is 2.02. The Morgan fingerprint density at radius 1 is 1.39 bits per heavy atom. The summed E-state index contributed by atoms with van der Waals surface area (Å²) in [6.07, 6.45) is 1.79. The largest absolute Gasteiger partial charge is 0.342 e. The highest BCUT2D eigenvalue weighted by Crippen LogP contribution is 2.30. The maximum atomic E-state index is 12.5. The number of hydrogen-bond donors (Lipinski definition) is 1. The van der Waals surface area contributed by atoms with E-state index in [4.69, 9.17) is 28.0 Å². The Kier molecular flexibility index (Phi) is 6.53. The number of rotatable bonds is 4. The number of urea groups is 1. The molecule has 0 bridgehead atoms. The number of likely N-dealkylation sites (tertiary alicyclic amines) is 1. The van der Waals surface area contributed by atoms with Crippen LogP contribution in [0.5, 0.6) is 0 Å². The van der Waals surface area contributed by atoms with Gasteiger partial charge < -0.3 is 10.2 Å². The molecule has 0 spiro atoms. The van der Waals surface area contributed by atoms with Crippen molar-refractivity contribution in [3.05, 3.63) is 33.8 Å². The van der Waals surface area contributed by atoms with Crippen LogP contribution in [0.25, 0.3) is 0 Å². The average molecular weight is 360 g/mol. The highest BCUT2D eigenvalue weighted by atomic mass is 35.5. The quantitative estimate of drug-likeness (QED) is 0.833. The van der Waals surface area contributed by atoms with Gasteiger partial charge in [0.1, 0.15) is 0 Å². The predicted molar refractivity (Wildman–Crippen MR) is 92.8 cm³/mol. The Morgan fingerprint density at radius 2 is 2.04 bits per heavy atom. The molecule has 23 heavy (non-hydrogen) atoms. The molecular weight excluding hydrogens is 337 g/mol. The molecule has 1 aromatic rings. The molecular formula is C16H23Cl2N3O2. The number of carbonyl (C=O) groups is 1. The third kappa shape index (κ3) is 4.51. The number of benzene rings is 1. The van der Waals surface area contributed by atoms with Crippen molar-refractivity contribution in [3.63, 3.8) is 0 Å². The van der Waals surface area contributed by atoms with Crippen LogP contribution in [0.1, 0.15) is 31.4 Å². The first-order chi connectivity index (χ1) is 10.9. The van der Waals surface area contributed by atoms with E-state index in [1.807, 2.05) is 19.1 Å². The molecule has 1 unspecified atom stereocenters. The predicted octanol–water partition coefficient (Wildman–Crippen LogP) is 3.72. The monoisotopic (exact) mass is 359 g/mol. The number of nitrogens with zero attached hydrogens (tertiary/aromatic N) is 2. The van der Waals surface area contributed by atoms with Crippen molar-refractivity contribution < 1.29 is 9.63 Å². The van der Waals surface area contributed by atoms with Crippen LogP contribution >= 0.6 is 23.2 Å². The minimum Gasteiger partial charge on any atom is -0.330 e. The van der Waals surface area contributed by atoms with Gasteiger partial charge in [-0.3, -0.25) is 4.84 Å². The number of hydroxylamine groups is 2. The molecule has 0 aliphatic carbocycles. The molecule has 1 atom stereocenters. The van der Waals surface area contributed by atoms with Crippen LogP contribution in [0.4, 0.5) is 4.79 Å². The van der Waals surface area contributed by atoms with Gasteiger partial charge >= 0.3 is 6.03 Å². The topological polar surface area (TPSA) is 44.8 Å². The summed E-state index contributed by atoms with van der Waals surface area (Å²) in [4.78, 5) is 20.1. The molecule has 0 aromatic heterocycles. The van der Waals surface area contributed by atoms with Crippen LogP contribution in [0, 0.1) is 0 Å².